The van der Waals surface area contributed by atoms with Gasteiger partial charge in [0.15, 0.2) is 0 Å². The Morgan fingerprint density at radius 2 is 1.53 bits per heavy atom. The van der Waals surface area contributed by atoms with Gasteiger partial charge in [-0.05, 0) is 0 Å². The van der Waals surface area contributed by atoms with Crippen LogP contribution in [0, 0.1) is 11.8 Å². The van der Waals surface area contributed by atoms with Crippen LogP contribution in [0.5, 0.6) is 0 Å². The van der Waals surface area contributed by atoms with Crippen molar-refractivity contribution in [1.82, 2.24) is 0 Å². The quantitative estimate of drug-likeness (QED) is 0.200. The van der Waals surface area contributed by atoms with E-state index in [9.17, 15) is 9.59 Å². The van der Waals surface area contributed by atoms with Crippen molar-refractivity contribution in [3.05, 3.63) is 0 Å². The zero-order chi connectivity index (χ0) is 23.6. The SMILES string of the molecule is CCC[CH2][Sn]([CH2]CCC)([CH2]CCC)[CH2][C@H]1CO[C@H]2O[C@H](COC(C)=O)[C@@H](OC(C)=O)C[C@@H]12. The van der Waals surface area contributed by atoms with Crippen LogP contribution in [0.4, 0.5) is 0 Å². The molecule has 0 aromatic rings. The summed E-state index contributed by atoms with van der Waals surface area (Å²) >= 11 is -2.32. The first kappa shape index (κ1) is 27.9. The zero-order valence-electron chi connectivity index (χ0n) is 21.0. The Balaban J connectivity index is 2.15. The number of carbonyl (C=O) groups is 2. The molecule has 0 amide bonds. The van der Waals surface area contributed by atoms with E-state index >= 15 is 0 Å². The van der Waals surface area contributed by atoms with Crippen LogP contribution >= 0.6 is 0 Å². The van der Waals surface area contributed by atoms with Crippen LogP contribution in [-0.4, -0.2) is 62.0 Å². The number of carbonyl (C=O) groups excluding carboxylic acids is 2. The Labute approximate surface area is 199 Å². The summed E-state index contributed by atoms with van der Waals surface area (Å²) < 4.78 is 29.0. The van der Waals surface area contributed by atoms with Crippen molar-refractivity contribution in [3.63, 3.8) is 0 Å². The van der Waals surface area contributed by atoms with Crippen LogP contribution < -0.4 is 0 Å². The van der Waals surface area contributed by atoms with Gasteiger partial charge in [-0.15, -0.1) is 0 Å². The third-order valence-electron chi connectivity index (χ3n) is 7.30. The molecule has 0 aromatic heterocycles. The van der Waals surface area contributed by atoms with E-state index in [0.29, 0.717) is 5.92 Å². The van der Waals surface area contributed by atoms with Gasteiger partial charge in [0.2, 0.25) is 0 Å². The summed E-state index contributed by atoms with van der Waals surface area (Å²) in [6.07, 6.45) is 7.53. The Morgan fingerprint density at radius 3 is 2.03 bits per heavy atom. The van der Waals surface area contributed by atoms with Crippen molar-refractivity contribution >= 4 is 30.3 Å². The third kappa shape index (κ3) is 8.46. The van der Waals surface area contributed by atoms with E-state index in [2.05, 4.69) is 20.8 Å². The van der Waals surface area contributed by atoms with E-state index in [1.807, 2.05) is 0 Å². The van der Waals surface area contributed by atoms with E-state index in [1.165, 1.54) is 70.1 Å². The first-order valence-electron chi connectivity index (χ1n) is 12.9. The first-order valence-corrected chi connectivity index (χ1v) is 21.0. The molecule has 0 N–H and O–H groups in total. The van der Waals surface area contributed by atoms with Crippen molar-refractivity contribution in [1.29, 1.82) is 0 Å². The molecule has 0 bridgehead atoms. The Morgan fingerprint density at radius 1 is 0.938 bits per heavy atom. The molecule has 0 unspecified atom stereocenters. The van der Waals surface area contributed by atoms with Gasteiger partial charge >= 0.3 is 200 Å². The Kier molecular flexibility index (Phi) is 12.3. The van der Waals surface area contributed by atoms with Crippen molar-refractivity contribution in [3.8, 4) is 0 Å². The third-order valence-corrected chi connectivity index (χ3v) is 23.4. The van der Waals surface area contributed by atoms with Crippen LogP contribution in [-0.2, 0) is 28.5 Å². The molecule has 2 fully saturated rings. The first-order chi connectivity index (χ1) is 15.3. The van der Waals surface area contributed by atoms with Gasteiger partial charge in [0.25, 0.3) is 0 Å². The summed E-state index contributed by atoms with van der Waals surface area (Å²) in [7, 11) is 0. The Hall–Kier alpha value is -0.341. The number of unbranched alkanes of at least 4 members (excludes halogenated alkanes) is 3. The molecule has 0 radical (unpaired) electrons. The molecule has 5 atom stereocenters. The van der Waals surface area contributed by atoms with Crippen molar-refractivity contribution in [2.75, 3.05) is 13.2 Å². The molecule has 0 spiro atoms. The van der Waals surface area contributed by atoms with Crippen LogP contribution in [0.25, 0.3) is 0 Å². The molecule has 2 heterocycles. The van der Waals surface area contributed by atoms with Crippen molar-refractivity contribution in [2.24, 2.45) is 11.8 Å². The van der Waals surface area contributed by atoms with Crippen molar-refractivity contribution in [2.45, 2.75) is 116 Å². The molecule has 0 aromatic carbocycles. The summed E-state index contributed by atoms with van der Waals surface area (Å²) in [5.74, 6) is 0.0785. The van der Waals surface area contributed by atoms with Crippen LogP contribution in [0.15, 0.2) is 0 Å². The van der Waals surface area contributed by atoms with Gasteiger partial charge in [-0.2, -0.15) is 0 Å². The van der Waals surface area contributed by atoms with Gasteiger partial charge in [-0.25, -0.2) is 0 Å². The molecule has 2 aliphatic heterocycles. The fraction of sp³-hybridized carbons (Fsp3) is 0.920. The second kappa shape index (κ2) is 14.1. The molecular formula is C25H46O6Sn. The van der Waals surface area contributed by atoms with E-state index in [4.69, 9.17) is 18.9 Å². The number of hydrogen-bond acceptors (Lipinski definition) is 6. The summed E-state index contributed by atoms with van der Waals surface area (Å²) in [6.45, 7) is 10.6. The topological polar surface area (TPSA) is 71.1 Å². The van der Waals surface area contributed by atoms with Gasteiger partial charge in [-0.1, -0.05) is 0 Å². The zero-order valence-corrected chi connectivity index (χ0v) is 23.9. The van der Waals surface area contributed by atoms with E-state index in [0.717, 1.165) is 13.0 Å². The Bertz CT molecular complexity index is 561. The normalized spacial score (nSPS) is 27.7. The summed E-state index contributed by atoms with van der Waals surface area (Å²) in [6, 6.07) is 0. The molecule has 2 rings (SSSR count). The van der Waals surface area contributed by atoms with Crippen LogP contribution in [0.2, 0.25) is 17.7 Å². The minimum absolute atomic E-state index is 0.0944. The number of ether oxygens (including phenoxy) is 4. The molecule has 186 valence electrons. The molecule has 0 aliphatic carbocycles. The van der Waals surface area contributed by atoms with Gasteiger partial charge in [0, 0.05) is 0 Å². The molecule has 0 saturated carbocycles. The van der Waals surface area contributed by atoms with Gasteiger partial charge in [-0.3, -0.25) is 0 Å². The van der Waals surface area contributed by atoms with E-state index in [1.54, 1.807) is 0 Å². The summed E-state index contributed by atoms with van der Waals surface area (Å²) in [4.78, 5) is 23.0. The number of rotatable bonds is 14. The van der Waals surface area contributed by atoms with Gasteiger partial charge in [0.1, 0.15) is 0 Å². The fourth-order valence-electron chi connectivity index (χ4n) is 5.60. The fourth-order valence-corrected chi connectivity index (χ4v) is 23.3. The van der Waals surface area contributed by atoms with Crippen LogP contribution in [0.3, 0.4) is 0 Å². The van der Waals surface area contributed by atoms with Gasteiger partial charge in [0.05, 0.1) is 0 Å². The molecular weight excluding hydrogens is 515 g/mol. The predicted octanol–water partition coefficient (Wildman–Crippen LogP) is 5.71. The number of fused-ring (bicyclic) bond motifs is 1. The second-order valence-corrected chi connectivity index (χ2v) is 24.0. The number of esters is 2. The average molecular weight is 561 g/mol. The van der Waals surface area contributed by atoms with E-state index < -0.39 is 24.5 Å². The monoisotopic (exact) mass is 562 g/mol. The minimum atomic E-state index is -2.32. The maximum absolute atomic E-state index is 11.7. The average Bonchev–Trinajstić information content (AvgIpc) is 3.13. The second-order valence-electron chi connectivity index (χ2n) is 10.0. The summed E-state index contributed by atoms with van der Waals surface area (Å²) in [5.41, 5.74) is 0. The maximum atomic E-state index is 11.7. The standard InChI is InChI=1S/C13H19O6.3C4H9.Sn/c1-7-5-17-13-10(7)4-11(18-9(3)15)12(19-13)6-16-8(2)14;3*1-3-4-2;/h7,10-13H,1,4-6H2,2-3H3;3*1,3-4H2,2H3;/t7-,10-,11-,12+,13-;;;;/m0..../s1. The summed E-state index contributed by atoms with van der Waals surface area (Å²) in [5, 5.41) is 0. The molecule has 6 nitrogen and oxygen atoms in total. The molecule has 32 heavy (non-hydrogen) atoms. The molecule has 2 aliphatic rings. The van der Waals surface area contributed by atoms with Crippen molar-refractivity contribution < 1.29 is 28.5 Å². The molecule has 2 saturated heterocycles. The van der Waals surface area contributed by atoms with Gasteiger partial charge < -0.3 is 0 Å². The van der Waals surface area contributed by atoms with E-state index in [-0.39, 0.29) is 36.9 Å². The van der Waals surface area contributed by atoms with Crippen LogP contribution in [0.1, 0.15) is 79.6 Å². The predicted molar refractivity (Wildman–Crippen MR) is 128 cm³/mol. The number of hydrogen-bond donors (Lipinski definition) is 0. The molecule has 7 heteroatoms.